The lowest BCUT2D eigenvalue weighted by Crippen LogP contribution is -1.86. The zero-order valence-corrected chi connectivity index (χ0v) is 9.09. The largest absolute Gasteiger partial charge is 0.282 e. The average Bonchev–Trinajstić information content (AvgIpc) is 2.70. The van der Waals surface area contributed by atoms with Crippen LogP contribution in [-0.2, 0) is 0 Å². The summed E-state index contributed by atoms with van der Waals surface area (Å²) < 4.78 is 26.4. The molecule has 0 atom stereocenters. The maximum absolute atomic E-state index is 13.4. The van der Waals surface area contributed by atoms with Crippen LogP contribution in [0.1, 0.15) is 25.5 Å². The van der Waals surface area contributed by atoms with Crippen LogP contribution in [0.3, 0.4) is 0 Å². The fraction of sp³-hybridized carbons (Fsp3) is 0.250. The van der Waals surface area contributed by atoms with Gasteiger partial charge < -0.3 is 0 Å². The standard InChI is InChI=1S/C12H12F2N2/c1-7(2)11-6-12(16-15-11)9-5-8(13)3-4-10(9)14/h3-7H,1-2H3,(H,15,16). The zero-order valence-electron chi connectivity index (χ0n) is 9.09. The minimum atomic E-state index is -0.469. The van der Waals surface area contributed by atoms with Gasteiger partial charge in [0.25, 0.3) is 0 Å². The van der Waals surface area contributed by atoms with Crippen LogP contribution in [-0.4, -0.2) is 10.2 Å². The van der Waals surface area contributed by atoms with Gasteiger partial charge in [0, 0.05) is 11.3 Å². The number of hydrogen-bond acceptors (Lipinski definition) is 1. The molecule has 0 fully saturated rings. The van der Waals surface area contributed by atoms with Crippen molar-refractivity contribution in [2.75, 3.05) is 0 Å². The first kappa shape index (κ1) is 10.8. The van der Waals surface area contributed by atoms with E-state index in [1.165, 1.54) is 0 Å². The quantitative estimate of drug-likeness (QED) is 0.828. The lowest BCUT2D eigenvalue weighted by Gasteiger charge is -1.99. The molecule has 0 radical (unpaired) electrons. The Morgan fingerprint density at radius 1 is 1.19 bits per heavy atom. The van der Waals surface area contributed by atoms with Crippen LogP contribution >= 0.6 is 0 Å². The van der Waals surface area contributed by atoms with Gasteiger partial charge in [-0.25, -0.2) is 8.78 Å². The molecule has 1 aromatic heterocycles. The summed E-state index contributed by atoms with van der Waals surface area (Å²) in [4.78, 5) is 0. The molecule has 0 saturated carbocycles. The van der Waals surface area contributed by atoms with Crippen molar-refractivity contribution in [2.24, 2.45) is 0 Å². The van der Waals surface area contributed by atoms with Gasteiger partial charge in [-0.3, -0.25) is 5.10 Å². The molecule has 2 rings (SSSR count). The van der Waals surface area contributed by atoms with Crippen LogP contribution in [0, 0.1) is 11.6 Å². The number of aromatic nitrogens is 2. The number of benzene rings is 1. The minimum Gasteiger partial charge on any atom is -0.282 e. The molecule has 0 spiro atoms. The van der Waals surface area contributed by atoms with Crippen molar-refractivity contribution in [3.8, 4) is 11.3 Å². The van der Waals surface area contributed by atoms with E-state index in [2.05, 4.69) is 10.2 Å². The average molecular weight is 222 g/mol. The second kappa shape index (κ2) is 4.04. The molecular formula is C12H12F2N2. The molecule has 1 aromatic carbocycles. The van der Waals surface area contributed by atoms with Crippen molar-refractivity contribution in [3.05, 3.63) is 41.6 Å². The minimum absolute atomic E-state index is 0.183. The molecule has 4 heteroatoms. The summed E-state index contributed by atoms with van der Waals surface area (Å²) in [6, 6.07) is 5.08. The third-order valence-electron chi connectivity index (χ3n) is 2.42. The van der Waals surface area contributed by atoms with E-state index < -0.39 is 11.6 Å². The topological polar surface area (TPSA) is 28.7 Å². The molecule has 1 heterocycles. The van der Waals surface area contributed by atoms with Crippen molar-refractivity contribution < 1.29 is 8.78 Å². The Morgan fingerprint density at radius 2 is 1.94 bits per heavy atom. The molecule has 0 bridgehead atoms. The third kappa shape index (κ3) is 1.96. The first-order valence-corrected chi connectivity index (χ1v) is 5.08. The molecule has 1 N–H and O–H groups in total. The number of nitrogens with zero attached hydrogens (tertiary/aromatic N) is 1. The second-order valence-corrected chi connectivity index (χ2v) is 3.99. The van der Waals surface area contributed by atoms with Crippen LogP contribution in [0.25, 0.3) is 11.3 Å². The number of H-pyrrole nitrogens is 1. The van der Waals surface area contributed by atoms with Crippen molar-refractivity contribution in [2.45, 2.75) is 19.8 Å². The maximum atomic E-state index is 13.4. The van der Waals surface area contributed by atoms with Crippen molar-refractivity contribution in [3.63, 3.8) is 0 Å². The summed E-state index contributed by atoms with van der Waals surface area (Å²) in [5.41, 5.74) is 1.52. The first-order chi connectivity index (χ1) is 7.58. The highest BCUT2D eigenvalue weighted by Gasteiger charge is 2.11. The van der Waals surface area contributed by atoms with Gasteiger partial charge >= 0.3 is 0 Å². The highest BCUT2D eigenvalue weighted by Crippen LogP contribution is 2.24. The zero-order chi connectivity index (χ0) is 11.7. The van der Waals surface area contributed by atoms with Gasteiger partial charge in [0.1, 0.15) is 11.6 Å². The Kier molecular flexibility index (Phi) is 2.73. The van der Waals surface area contributed by atoms with Crippen LogP contribution in [0.2, 0.25) is 0 Å². The van der Waals surface area contributed by atoms with Crippen LogP contribution in [0.4, 0.5) is 8.78 Å². The molecule has 0 aliphatic heterocycles. The number of halogens is 2. The highest BCUT2D eigenvalue weighted by atomic mass is 19.1. The Hall–Kier alpha value is -1.71. The summed E-state index contributed by atoms with van der Waals surface area (Å²) in [5, 5.41) is 6.79. The number of rotatable bonds is 2. The fourth-order valence-corrected chi connectivity index (χ4v) is 1.46. The van der Waals surface area contributed by atoms with Crippen molar-refractivity contribution in [1.82, 2.24) is 10.2 Å². The molecule has 84 valence electrons. The van der Waals surface area contributed by atoms with Gasteiger partial charge in [-0.05, 0) is 30.2 Å². The van der Waals surface area contributed by atoms with Gasteiger partial charge in [-0.15, -0.1) is 0 Å². The molecule has 0 amide bonds. The van der Waals surface area contributed by atoms with Crippen molar-refractivity contribution >= 4 is 0 Å². The number of nitrogens with one attached hydrogen (secondary N) is 1. The van der Waals surface area contributed by atoms with Gasteiger partial charge in [-0.2, -0.15) is 5.10 Å². The lowest BCUT2D eigenvalue weighted by molar-refractivity contribution is 0.602. The van der Waals surface area contributed by atoms with E-state index in [4.69, 9.17) is 0 Å². The highest BCUT2D eigenvalue weighted by molar-refractivity contribution is 5.60. The fourth-order valence-electron chi connectivity index (χ4n) is 1.46. The van der Waals surface area contributed by atoms with E-state index in [0.29, 0.717) is 5.69 Å². The van der Waals surface area contributed by atoms with E-state index in [1.807, 2.05) is 13.8 Å². The predicted octanol–water partition coefficient (Wildman–Crippen LogP) is 3.48. The smallest absolute Gasteiger partial charge is 0.132 e. The lowest BCUT2D eigenvalue weighted by atomic mass is 10.1. The van der Waals surface area contributed by atoms with Crippen LogP contribution < -0.4 is 0 Å². The van der Waals surface area contributed by atoms with Gasteiger partial charge in [0.05, 0.1) is 5.69 Å². The van der Waals surface area contributed by atoms with Gasteiger partial charge in [-0.1, -0.05) is 13.8 Å². The molecule has 0 aliphatic carbocycles. The number of aromatic amines is 1. The normalized spacial score (nSPS) is 11.1. The van der Waals surface area contributed by atoms with E-state index in [0.717, 1.165) is 23.9 Å². The first-order valence-electron chi connectivity index (χ1n) is 5.08. The van der Waals surface area contributed by atoms with Crippen molar-refractivity contribution in [1.29, 1.82) is 0 Å². The Labute approximate surface area is 92.3 Å². The second-order valence-electron chi connectivity index (χ2n) is 3.99. The van der Waals surface area contributed by atoms with E-state index in [1.54, 1.807) is 6.07 Å². The van der Waals surface area contributed by atoms with Crippen LogP contribution in [0.5, 0.6) is 0 Å². The molecule has 2 nitrogen and oxygen atoms in total. The van der Waals surface area contributed by atoms with E-state index in [-0.39, 0.29) is 11.5 Å². The summed E-state index contributed by atoms with van der Waals surface area (Å²) in [5.74, 6) is -0.661. The van der Waals surface area contributed by atoms with E-state index in [9.17, 15) is 8.78 Å². The molecule has 0 saturated heterocycles. The molecular weight excluding hydrogens is 210 g/mol. The summed E-state index contributed by atoms with van der Waals surface area (Å²) in [6.07, 6.45) is 0. The number of hydrogen-bond donors (Lipinski definition) is 1. The van der Waals surface area contributed by atoms with Gasteiger partial charge in [0.2, 0.25) is 0 Å². The monoisotopic (exact) mass is 222 g/mol. The Morgan fingerprint density at radius 3 is 2.56 bits per heavy atom. The van der Waals surface area contributed by atoms with Gasteiger partial charge in [0.15, 0.2) is 0 Å². The van der Waals surface area contributed by atoms with E-state index >= 15 is 0 Å². The molecule has 0 unspecified atom stereocenters. The summed E-state index contributed by atoms with van der Waals surface area (Å²) in [7, 11) is 0. The molecule has 0 aliphatic rings. The third-order valence-corrected chi connectivity index (χ3v) is 2.42. The summed E-state index contributed by atoms with van der Waals surface area (Å²) in [6.45, 7) is 4.00. The maximum Gasteiger partial charge on any atom is 0.132 e. The summed E-state index contributed by atoms with van der Waals surface area (Å²) >= 11 is 0. The SMILES string of the molecule is CC(C)c1cc(-c2cc(F)ccc2F)n[nH]1. The Bertz CT molecular complexity index is 503. The molecule has 16 heavy (non-hydrogen) atoms. The molecule has 2 aromatic rings. The predicted molar refractivity (Wildman–Crippen MR) is 58.0 cm³/mol. The van der Waals surface area contributed by atoms with Crippen LogP contribution in [0.15, 0.2) is 24.3 Å². The Balaban J connectivity index is 2.46.